The Morgan fingerprint density at radius 1 is 0.396 bits per heavy atom. The van der Waals surface area contributed by atoms with Gasteiger partial charge in [0.05, 0.1) is 122 Å². The third-order valence-electron chi connectivity index (χ3n) is 16.0. The Morgan fingerprint density at radius 3 is 1.46 bits per heavy atom. The summed E-state index contributed by atoms with van der Waals surface area (Å²) in [6.45, 7) is 5.25. The smallest absolute Gasteiger partial charge is 0.182 e. The van der Waals surface area contributed by atoms with Gasteiger partial charge >= 0.3 is 0 Å². The lowest BCUT2D eigenvalue weighted by molar-refractivity contribution is 0.0179. The number of rotatable bonds is 20. The van der Waals surface area contributed by atoms with E-state index >= 15 is 0 Å². The van der Waals surface area contributed by atoms with E-state index in [2.05, 4.69) is 190 Å². The average Bonchev–Trinajstić information content (AvgIpc) is 2.30. The Labute approximate surface area is 521 Å². The zero-order valence-electron chi connectivity index (χ0n) is 50.4. The quantitative estimate of drug-likeness (QED) is 0.0372. The van der Waals surface area contributed by atoms with Crippen molar-refractivity contribution in [2.75, 3.05) is 93.5 Å². The Morgan fingerprint density at radius 2 is 0.890 bits per heavy atom. The van der Waals surface area contributed by atoms with Crippen LogP contribution >= 0.6 is 0 Å². The van der Waals surface area contributed by atoms with Gasteiger partial charge in [-0.2, -0.15) is 0 Å². The maximum atomic E-state index is 6.51. The lowest BCUT2D eigenvalue weighted by Gasteiger charge is -2.08. The summed E-state index contributed by atoms with van der Waals surface area (Å²) in [6, 6.07) is 52.6. The number of benzene rings is 5. The number of hydrogen-bond acceptors (Lipinski definition) is 13. The number of H-pyrrole nitrogens is 3. The standard InChI is InChI=1S/C75H64N8O8/c1-84-33-35-86-37-39-88-41-43-90-56-17-19-58-48-3-7-50(8-4-48)63-22-13-52-11-12-53-14-23-64(83-75(53)74(52)82-63)51-9-5-49(6-10-51)59-20-18-57(91-44-42-89-40-38-87-36-34-85-2)47-62(59)73-68-25-16-55(79-68)45-54-15-24-67(78-54)72(61(58)46-56)69-28-26-65(80-69)60(66-27-29-70(73)81-66)21-30-71-76-31-32-77-71/h3-20,22-29,31-32,45-47,78,81H,33-44H2,1-2H3,(H,76,77). The first-order valence-corrected chi connectivity index (χ1v) is 30.4. The molecule has 0 spiro atoms. The number of hydrogen-bond donors (Lipinski definition) is 3. The molecule has 18 bridgehead atoms. The summed E-state index contributed by atoms with van der Waals surface area (Å²) in [5.74, 6) is 8.64. The number of ether oxygens (including phenoxy) is 8. The summed E-state index contributed by atoms with van der Waals surface area (Å²) in [7, 11) is 3.31. The number of methoxy groups -OCH3 is 2. The second-order valence-corrected chi connectivity index (χ2v) is 21.8. The molecule has 91 heavy (non-hydrogen) atoms. The molecule has 0 saturated carbocycles. The van der Waals surface area contributed by atoms with Crippen LogP contribution in [0, 0.1) is 74.7 Å². The van der Waals surface area contributed by atoms with E-state index in [0.29, 0.717) is 114 Å². The zero-order valence-corrected chi connectivity index (χ0v) is 50.4. The topological polar surface area (TPSA) is 186 Å². The highest BCUT2D eigenvalue weighted by molar-refractivity contribution is 6.02. The number of aromatic nitrogens is 8. The molecule has 6 aliphatic heterocycles. The predicted molar refractivity (Wildman–Crippen MR) is 350 cm³/mol. The van der Waals surface area contributed by atoms with Gasteiger partial charge in [0.25, 0.3) is 0 Å². The fourth-order valence-corrected chi connectivity index (χ4v) is 11.5. The minimum atomic E-state index is 0.320. The van der Waals surface area contributed by atoms with E-state index in [0.717, 1.165) is 118 Å². The van der Waals surface area contributed by atoms with Crippen molar-refractivity contribution in [3.05, 3.63) is 261 Å². The number of aromatic amines is 3. The van der Waals surface area contributed by atoms with Crippen LogP contribution in [0.15, 0.2) is 164 Å². The van der Waals surface area contributed by atoms with E-state index < -0.39 is 0 Å². The first-order chi connectivity index (χ1) is 45.0. The normalized spacial score (nSPS) is 12.0. The monoisotopic (exact) mass is 1200 g/mol. The Balaban J connectivity index is 1.08. The molecular weight excluding hydrogens is 1140 g/mol. The van der Waals surface area contributed by atoms with Crippen molar-refractivity contribution < 1.29 is 37.9 Å². The third kappa shape index (κ3) is 12.9. The molecular formula is C75H64N8O8. The van der Waals surface area contributed by atoms with Gasteiger partial charge in [-0.15, -0.1) is 0 Å². The molecule has 0 radical (unpaired) electrons. The van der Waals surface area contributed by atoms with Crippen molar-refractivity contribution >= 4 is 68.2 Å². The second kappa shape index (κ2) is 27.2. The Hall–Kier alpha value is -10.4. The number of nitrogens with zero attached hydrogens (tertiary/aromatic N) is 5. The van der Waals surface area contributed by atoms with Gasteiger partial charge in [-0.1, -0.05) is 90.8 Å². The van der Waals surface area contributed by atoms with Crippen molar-refractivity contribution in [2.45, 2.75) is 0 Å². The zero-order chi connectivity index (χ0) is 61.3. The first kappa shape index (κ1) is 58.3. The SMILES string of the molecule is COCCOCCOCCOc1ccc2c(c1)=c1c3nc(c(C#Cc4ncc[nH]4)c4ccc([nH]4)c(c4nc(cc5ccc1[nH]5)C=C4)=c1cc(OCCOCCOCCOC)ccc1=c1ccc(cc1)=c1ccc4ccc5ccc(nc5c4n1)=c1ccc=2cc1)C=C3. The third-order valence-corrected chi connectivity index (χ3v) is 16.0. The maximum Gasteiger partial charge on any atom is 0.182 e. The van der Waals surface area contributed by atoms with Gasteiger partial charge in [0.15, 0.2) is 5.82 Å². The number of nitrogens with one attached hydrogen (secondary N) is 3. The summed E-state index contributed by atoms with van der Waals surface area (Å²) < 4.78 is 46.3. The molecule has 6 aliphatic rings. The molecule has 0 saturated heterocycles. The Kier molecular flexibility index (Phi) is 17.4. The van der Waals surface area contributed by atoms with Crippen molar-refractivity contribution in [1.29, 1.82) is 0 Å². The summed E-state index contributed by atoms with van der Waals surface area (Å²) in [4.78, 5) is 37.0. The highest BCUT2D eigenvalue weighted by atomic mass is 16.6. The molecule has 17 rings (SSSR count). The molecule has 12 heterocycles. The van der Waals surface area contributed by atoms with Crippen molar-refractivity contribution in [3.63, 3.8) is 0 Å². The maximum absolute atomic E-state index is 6.51. The number of pyridine rings is 2. The molecule has 0 unspecified atom stereocenters. The van der Waals surface area contributed by atoms with Gasteiger partial charge in [0, 0.05) is 74.8 Å². The van der Waals surface area contributed by atoms with Crippen molar-refractivity contribution in [1.82, 2.24) is 39.9 Å². The van der Waals surface area contributed by atoms with E-state index in [-0.39, 0.29) is 0 Å². The molecule has 5 aromatic carbocycles. The highest BCUT2D eigenvalue weighted by Crippen LogP contribution is 2.27. The van der Waals surface area contributed by atoms with E-state index in [4.69, 9.17) is 57.8 Å². The number of fused-ring (bicyclic) bond motifs is 2. The van der Waals surface area contributed by atoms with Gasteiger partial charge in [-0.05, 0) is 128 Å². The summed E-state index contributed by atoms with van der Waals surface area (Å²) in [6.07, 6.45) is 11.7. The second-order valence-electron chi connectivity index (χ2n) is 21.8. The van der Waals surface area contributed by atoms with Gasteiger partial charge < -0.3 is 52.8 Å². The van der Waals surface area contributed by atoms with Gasteiger partial charge in [0.2, 0.25) is 0 Å². The molecule has 16 heteroatoms. The Bertz CT molecular complexity index is 5280. The van der Waals surface area contributed by atoms with Crippen molar-refractivity contribution in [2.24, 2.45) is 0 Å². The van der Waals surface area contributed by atoms with Crippen LogP contribution in [0.1, 0.15) is 34.2 Å². The van der Waals surface area contributed by atoms with Gasteiger partial charge in [-0.25, -0.2) is 24.9 Å². The minimum Gasteiger partial charge on any atom is -0.491 e. The summed E-state index contributed by atoms with van der Waals surface area (Å²) in [5, 5.41) is 12.9. The number of imidazole rings is 1. The van der Waals surface area contributed by atoms with Crippen LogP contribution in [0.25, 0.3) is 68.2 Å². The van der Waals surface area contributed by atoms with E-state index in [9.17, 15) is 0 Å². The first-order valence-electron chi connectivity index (χ1n) is 30.4. The van der Waals surface area contributed by atoms with Crippen LogP contribution in [-0.2, 0) is 28.4 Å². The van der Waals surface area contributed by atoms with Gasteiger partial charge in [-0.3, -0.25) is 0 Å². The molecule has 3 N–H and O–H groups in total. The van der Waals surface area contributed by atoms with E-state index in [1.807, 2.05) is 18.2 Å². The lowest BCUT2D eigenvalue weighted by Crippen LogP contribution is -2.12. The molecule has 0 aliphatic carbocycles. The minimum absolute atomic E-state index is 0.320. The summed E-state index contributed by atoms with van der Waals surface area (Å²) >= 11 is 0. The molecule has 16 nitrogen and oxygen atoms in total. The molecule has 0 amide bonds. The molecule has 0 atom stereocenters. The average molecular weight is 1210 g/mol. The molecule has 0 fully saturated rings. The van der Waals surface area contributed by atoms with Crippen LogP contribution in [0.4, 0.5) is 0 Å². The predicted octanol–water partition coefficient (Wildman–Crippen LogP) is 12.0. The fourth-order valence-electron chi connectivity index (χ4n) is 11.5. The van der Waals surface area contributed by atoms with Crippen LogP contribution in [0.3, 0.4) is 0 Å². The van der Waals surface area contributed by atoms with Crippen LogP contribution < -0.4 is 9.47 Å². The fraction of sp³-hybridized carbons (Fsp3) is 0.187. The molecule has 11 aromatic rings. The van der Waals surface area contributed by atoms with Crippen LogP contribution in [-0.4, -0.2) is 133 Å². The van der Waals surface area contributed by atoms with Gasteiger partial charge in [0.1, 0.15) is 24.7 Å². The molecule has 6 aromatic heterocycles. The van der Waals surface area contributed by atoms with Crippen LogP contribution in [0.2, 0.25) is 0 Å². The highest BCUT2D eigenvalue weighted by Gasteiger charge is 2.14. The van der Waals surface area contributed by atoms with Crippen LogP contribution in [0.5, 0.6) is 11.5 Å². The van der Waals surface area contributed by atoms with E-state index in [1.54, 1.807) is 26.6 Å². The van der Waals surface area contributed by atoms with E-state index in [1.165, 1.54) is 0 Å². The largest absolute Gasteiger partial charge is 0.491 e. The molecule has 452 valence electrons. The lowest BCUT2D eigenvalue weighted by atomic mass is 10.1. The summed E-state index contributed by atoms with van der Waals surface area (Å²) in [5.41, 5.74) is 8.37. The van der Waals surface area contributed by atoms with Crippen molar-refractivity contribution in [3.8, 4) is 23.3 Å².